The summed E-state index contributed by atoms with van der Waals surface area (Å²) in [5.41, 5.74) is 2.87. The van der Waals surface area contributed by atoms with Gasteiger partial charge in [0.2, 0.25) is 15.9 Å². The number of halogens is 1. The second-order valence-electron chi connectivity index (χ2n) is 8.06. The van der Waals surface area contributed by atoms with Crippen molar-refractivity contribution in [3.8, 4) is 0 Å². The average molecular weight is 536 g/mol. The normalized spacial score (nSPS) is 11.7. The fraction of sp³-hybridized carbons (Fsp3) is 0.208. The molecule has 1 amide bonds. The molecule has 3 rings (SSSR count). The van der Waals surface area contributed by atoms with Crippen molar-refractivity contribution in [2.24, 2.45) is 0 Å². The lowest BCUT2D eigenvalue weighted by Crippen LogP contribution is -2.38. The molecule has 0 spiro atoms. The van der Waals surface area contributed by atoms with Crippen LogP contribution in [-0.4, -0.2) is 42.6 Å². The fourth-order valence-corrected chi connectivity index (χ4v) is 5.27. The van der Waals surface area contributed by atoms with Crippen LogP contribution in [0.5, 0.6) is 0 Å². The molecule has 0 aromatic heterocycles. The van der Waals surface area contributed by atoms with Gasteiger partial charge >= 0.3 is 0 Å². The number of carbonyl (C=O) groups excluding carboxylic acids is 1. The van der Waals surface area contributed by atoms with Gasteiger partial charge in [-0.15, -0.1) is 0 Å². The van der Waals surface area contributed by atoms with Crippen LogP contribution in [0.4, 0.5) is 17.1 Å². The van der Waals surface area contributed by atoms with Gasteiger partial charge in [-0.25, -0.2) is 16.8 Å². The topological polar surface area (TPSA) is 104 Å². The molecular formula is C24H26ClN3O5S2. The Bertz CT molecular complexity index is 1460. The summed E-state index contributed by atoms with van der Waals surface area (Å²) < 4.78 is 52.8. The monoisotopic (exact) mass is 535 g/mol. The number of benzene rings is 3. The van der Waals surface area contributed by atoms with Gasteiger partial charge in [-0.2, -0.15) is 0 Å². The number of aryl methyl sites for hydroxylation is 2. The number of sulfonamides is 2. The van der Waals surface area contributed by atoms with Gasteiger partial charge in [0.25, 0.3) is 10.0 Å². The smallest absolute Gasteiger partial charge is 0.264 e. The van der Waals surface area contributed by atoms with Crippen molar-refractivity contribution in [2.75, 3.05) is 33.8 Å². The second-order valence-corrected chi connectivity index (χ2v) is 12.4. The number of carbonyl (C=O) groups is 1. The van der Waals surface area contributed by atoms with Crippen LogP contribution in [0.15, 0.2) is 71.6 Å². The Balaban J connectivity index is 1.94. The molecule has 1 N–H and O–H groups in total. The first kappa shape index (κ1) is 26.5. The molecule has 0 bridgehead atoms. The zero-order valence-electron chi connectivity index (χ0n) is 19.7. The Morgan fingerprint density at radius 1 is 0.886 bits per heavy atom. The molecule has 8 nitrogen and oxygen atoms in total. The highest BCUT2D eigenvalue weighted by atomic mass is 35.5. The van der Waals surface area contributed by atoms with Crippen LogP contribution >= 0.6 is 11.6 Å². The summed E-state index contributed by atoms with van der Waals surface area (Å²) in [6.45, 7) is 3.26. The van der Waals surface area contributed by atoms with Gasteiger partial charge in [0.1, 0.15) is 6.54 Å². The van der Waals surface area contributed by atoms with Crippen molar-refractivity contribution in [2.45, 2.75) is 18.7 Å². The number of rotatable bonds is 8. The fourth-order valence-electron chi connectivity index (χ4n) is 3.23. The molecule has 3 aromatic rings. The maximum Gasteiger partial charge on any atom is 0.264 e. The molecule has 3 aromatic carbocycles. The van der Waals surface area contributed by atoms with E-state index in [4.69, 9.17) is 11.6 Å². The van der Waals surface area contributed by atoms with Gasteiger partial charge in [0.05, 0.1) is 22.5 Å². The SMILES string of the molecule is Cc1ccc(N(CC(=O)Nc2cccc(N(C)S(C)(=O)=O)c2)S(=O)(=O)c2ccc(Cl)cc2)cc1C. The van der Waals surface area contributed by atoms with Crippen LogP contribution in [0.2, 0.25) is 5.02 Å². The van der Waals surface area contributed by atoms with Gasteiger partial charge in [0.15, 0.2) is 0 Å². The summed E-state index contributed by atoms with van der Waals surface area (Å²) in [6.07, 6.45) is 1.07. The molecule has 0 radical (unpaired) electrons. The molecule has 0 saturated heterocycles. The minimum absolute atomic E-state index is 0.00953. The number of hydrogen-bond acceptors (Lipinski definition) is 5. The Labute approximate surface area is 211 Å². The molecule has 0 saturated carbocycles. The van der Waals surface area contributed by atoms with E-state index in [1.54, 1.807) is 36.4 Å². The van der Waals surface area contributed by atoms with Crippen molar-refractivity contribution in [3.63, 3.8) is 0 Å². The molecule has 35 heavy (non-hydrogen) atoms. The standard InChI is InChI=1S/C24H26ClN3O5S2/c1-17-8-11-22(14-18(17)2)28(35(32,33)23-12-9-19(25)10-13-23)16-24(29)26-20-6-5-7-21(15-20)27(3)34(4,30)31/h5-15H,16H2,1-4H3,(H,26,29). The number of anilines is 3. The van der Waals surface area contributed by atoms with Gasteiger partial charge in [0, 0.05) is 17.8 Å². The van der Waals surface area contributed by atoms with Crippen molar-refractivity contribution in [3.05, 3.63) is 82.9 Å². The third-order valence-corrected chi connectivity index (χ3v) is 8.70. The summed E-state index contributed by atoms with van der Waals surface area (Å²) >= 11 is 5.92. The van der Waals surface area contributed by atoms with E-state index in [1.165, 1.54) is 37.4 Å². The summed E-state index contributed by atoms with van der Waals surface area (Å²) in [4.78, 5) is 13.0. The van der Waals surface area contributed by atoms with Gasteiger partial charge in [-0.3, -0.25) is 13.4 Å². The van der Waals surface area contributed by atoms with E-state index in [1.807, 2.05) is 13.8 Å². The highest BCUT2D eigenvalue weighted by Crippen LogP contribution is 2.27. The predicted molar refractivity (Wildman–Crippen MR) is 140 cm³/mol. The Hall–Kier alpha value is -3.08. The van der Waals surface area contributed by atoms with E-state index in [9.17, 15) is 21.6 Å². The van der Waals surface area contributed by atoms with Crippen molar-refractivity contribution < 1.29 is 21.6 Å². The average Bonchev–Trinajstić information content (AvgIpc) is 2.78. The van der Waals surface area contributed by atoms with E-state index in [2.05, 4.69) is 5.32 Å². The molecule has 0 aliphatic rings. The van der Waals surface area contributed by atoms with E-state index in [-0.39, 0.29) is 4.90 Å². The van der Waals surface area contributed by atoms with Gasteiger partial charge in [-0.1, -0.05) is 23.7 Å². The van der Waals surface area contributed by atoms with Crippen LogP contribution in [-0.2, 0) is 24.8 Å². The van der Waals surface area contributed by atoms with Gasteiger partial charge in [-0.05, 0) is 79.6 Å². The molecule has 0 unspecified atom stereocenters. The molecule has 186 valence electrons. The molecule has 0 fully saturated rings. The largest absolute Gasteiger partial charge is 0.324 e. The van der Waals surface area contributed by atoms with Crippen LogP contribution < -0.4 is 13.9 Å². The Morgan fingerprint density at radius 2 is 1.54 bits per heavy atom. The molecule has 11 heteroatoms. The molecule has 0 atom stereocenters. The second kappa shape index (κ2) is 10.3. The number of nitrogens with one attached hydrogen (secondary N) is 1. The van der Waals surface area contributed by atoms with Crippen LogP contribution in [0.25, 0.3) is 0 Å². The van der Waals surface area contributed by atoms with E-state index >= 15 is 0 Å². The van der Waals surface area contributed by atoms with E-state index < -0.39 is 32.5 Å². The zero-order valence-corrected chi connectivity index (χ0v) is 22.1. The highest BCUT2D eigenvalue weighted by molar-refractivity contribution is 7.93. The summed E-state index contributed by atoms with van der Waals surface area (Å²) in [7, 11) is -6.20. The summed E-state index contributed by atoms with van der Waals surface area (Å²) in [5, 5.41) is 3.05. The van der Waals surface area contributed by atoms with E-state index in [0.717, 1.165) is 26.0 Å². The number of nitrogens with zero attached hydrogens (tertiary/aromatic N) is 2. The number of amides is 1. The molecular weight excluding hydrogens is 510 g/mol. The minimum atomic E-state index is -4.10. The predicted octanol–water partition coefficient (Wildman–Crippen LogP) is 4.19. The van der Waals surface area contributed by atoms with Crippen LogP contribution in [0, 0.1) is 13.8 Å². The molecule has 0 aliphatic carbocycles. The van der Waals surface area contributed by atoms with Crippen LogP contribution in [0.3, 0.4) is 0 Å². The maximum absolute atomic E-state index is 13.5. The van der Waals surface area contributed by atoms with Crippen molar-refractivity contribution in [1.82, 2.24) is 0 Å². The minimum Gasteiger partial charge on any atom is -0.324 e. The van der Waals surface area contributed by atoms with E-state index in [0.29, 0.717) is 22.1 Å². The lowest BCUT2D eigenvalue weighted by Gasteiger charge is -2.25. The summed E-state index contributed by atoms with van der Waals surface area (Å²) in [6, 6.07) is 17.1. The highest BCUT2D eigenvalue weighted by Gasteiger charge is 2.27. The first-order valence-electron chi connectivity index (χ1n) is 10.5. The first-order chi connectivity index (χ1) is 16.3. The quantitative estimate of drug-likeness (QED) is 0.466. The van der Waals surface area contributed by atoms with Gasteiger partial charge < -0.3 is 5.32 Å². The lowest BCUT2D eigenvalue weighted by atomic mass is 10.1. The third-order valence-electron chi connectivity index (χ3n) is 5.46. The summed E-state index contributed by atoms with van der Waals surface area (Å²) in [5.74, 6) is -0.597. The lowest BCUT2D eigenvalue weighted by molar-refractivity contribution is -0.114. The first-order valence-corrected chi connectivity index (χ1v) is 14.1. The molecule has 0 heterocycles. The Kier molecular flexibility index (Phi) is 7.78. The zero-order chi connectivity index (χ0) is 26.0. The Morgan fingerprint density at radius 3 is 2.14 bits per heavy atom. The maximum atomic E-state index is 13.5. The van der Waals surface area contributed by atoms with Crippen LogP contribution in [0.1, 0.15) is 11.1 Å². The number of hydrogen-bond donors (Lipinski definition) is 1. The third kappa shape index (κ3) is 6.33. The molecule has 0 aliphatic heterocycles. The van der Waals surface area contributed by atoms with Crippen molar-refractivity contribution in [1.29, 1.82) is 0 Å². The van der Waals surface area contributed by atoms with Crippen molar-refractivity contribution >= 4 is 54.6 Å².